The van der Waals surface area contributed by atoms with Gasteiger partial charge < -0.3 is 10.2 Å². The molecule has 1 unspecified atom stereocenters. The lowest BCUT2D eigenvalue weighted by molar-refractivity contribution is 0.0768. The molecule has 1 aromatic heterocycles. The molecule has 0 aliphatic heterocycles. The summed E-state index contributed by atoms with van der Waals surface area (Å²) in [5, 5.41) is 8.28. The van der Waals surface area contributed by atoms with Gasteiger partial charge in [0, 0.05) is 18.3 Å². The van der Waals surface area contributed by atoms with Crippen molar-refractivity contribution < 1.29 is 0 Å². The van der Waals surface area contributed by atoms with Crippen LogP contribution in [0.4, 0.5) is 0 Å². The van der Waals surface area contributed by atoms with E-state index in [0.717, 1.165) is 13.1 Å². The number of nitrogens with zero attached hydrogens (tertiary/aromatic N) is 3. The third kappa shape index (κ3) is 3.32. The molecule has 1 fully saturated rings. The van der Waals surface area contributed by atoms with Gasteiger partial charge >= 0.3 is 0 Å². The van der Waals surface area contributed by atoms with Crippen molar-refractivity contribution in [2.45, 2.75) is 70.5 Å². The summed E-state index contributed by atoms with van der Waals surface area (Å²) >= 11 is 0. The van der Waals surface area contributed by atoms with E-state index in [2.05, 4.69) is 54.0 Å². The van der Waals surface area contributed by atoms with Crippen LogP contribution < -0.4 is 5.32 Å². The van der Waals surface area contributed by atoms with Crippen LogP contribution in [0, 0.1) is 0 Å². The highest BCUT2D eigenvalue weighted by atomic mass is 15.3. The monoisotopic (exact) mass is 292 g/mol. The van der Waals surface area contributed by atoms with E-state index < -0.39 is 0 Å². The molecule has 0 amide bonds. The lowest BCUT2D eigenvalue weighted by Crippen LogP contribution is -2.54. The maximum absolute atomic E-state index is 4.50. The van der Waals surface area contributed by atoms with Gasteiger partial charge in [-0.15, -0.1) is 0 Å². The topological polar surface area (TPSA) is 33.1 Å². The van der Waals surface area contributed by atoms with E-state index in [0.29, 0.717) is 6.04 Å². The molecule has 0 saturated heterocycles. The predicted octanol–water partition coefficient (Wildman–Crippen LogP) is 3.21. The summed E-state index contributed by atoms with van der Waals surface area (Å²) in [5.74, 6) is 0. The average Bonchev–Trinajstić information content (AvgIpc) is 2.80. The second-order valence-electron chi connectivity index (χ2n) is 6.47. The van der Waals surface area contributed by atoms with E-state index in [-0.39, 0.29) is 5.54 Å². The number of nitrogens with one attached hydrogen (secondary N) is 1. The summed E-state index contributed by atoms with van der Waals surface area (Å²) < 4.78 is 2.16. The molecule has 0 spiro atoms. The summed E-state index contributed by atoms with van der Waals surface area (Å²) in [6.45, 7) is 6.32. The highest BCUT2D eigenvalue weighted by molar-refractivity contribution is 5.16. The van der Waals surface area contributed by atoms with Crippen LogP contribution >= 0.6 is 0 Å². The van der Waals surface area contributed by atoms with E-state index in [1.807, 2.05) is 6.20 Å². The fourth-order valence-corrected chi connectivity index (χ4v) is 3.96. The highest BCUT2D eigenvalue weighted by Crippen LogP contribution is 2.41. The predicted molar refractivity (Wildman–Crippen MR) is 88.4 cm³/mol. The normalized spacial score (nSPS) is 20.4. The lowest BCUT2D eigenvalue weighted by atomic mass is 9.79. The van der Waals surface area contributed by atoms with Crippen molar-refractivity contribution >= 4 is 0 Å². The van der Waals surface area contributed by atoms with Crippen LogP contribution in [0.1, 0.15) is 64.1 Å². The van der Waals surface area contributed by atoms with Gasteiger partial charge in [-0.1, -0.05) is 32.6 Å². The minimum Gasteiger partial charge on any atom is -0.307 e. The summed E-state index contributed by atoms with van der Waals surface area (Å²) in [5.41, 5.74) is 1.55. The Morgan fingerprint density at radius 2 is 1.90 bits per heavy atom. The van der Waals surface area contributed by atoms with Gasteiger partial charge in [-0.25, -0.2) is 0 Å². The molecule has 1 atom stereocenters. The average molecular weight is 292 g/mol. The second kappa shape index (κ2) is 7.41. The quantitative estimate of drug-likeness (QED) is 0.817. The standard InChI is InChI=1S/C17H32N4/c1-5-18-16(15-11-14-19-21(15)6-2)17(20(3)4)12-9-7-8-10-13-17/h11,14,16,18H,5-10,12-13H2,1-4H3. The van der Waals surface area contributed by atoms with Crippen LogP contribution in [0.5, 0.6) is 0 Å². The van der Waals surface area contributed by atoms with E-state index in [1.165, 1.54) is 44.2 Å². The fourth-order valence-electron chi connectivity index (χ4n) is 3.96. The summed E-state index contributed by atoms with van der Waals surface area (Å²) in [7, 11) is 4.50. The zero-order valence-corrected chi connectivity index (χ0v) is 14.2. The van der Waals surface area contributed by atoms with Gasteiger partial charge in [-0.05, 0) is 46.5 Å². The number of aromatic nitrogens is 2. The Morgan fingerprint density at radius 3 is 2.43 bits per heavy atom. The molecular weight excluding hydrogens is 260 g/mol. The molecular formula is C17H32N4. The molecule has 1 saturated carbocycles. The van der Waals surface area contributed by atoms with Gasteiger partial charge in [0.05, 0.1) is 11.7 Å². The Kier molecular flexibility index (Phi) is 5.82. The molecule has 1 heterocycles. The Balaban J connectivity index is 2.41. The summed E-state index contributed by atoms with van der Waals surface area (Å²) in [6, 6.07) is 2.56. The number of likely N-dealkylation sites (N-methyl/N-ethyl adjacent to an activating group) is 2. The molecule has 21 heavy (non-hydrogen) atoms. The van der Waals surface area contributed by atoms with Crippen LogP contribution in [0.3, 0.4) is 0 Å². The molecule has 4 nitrogen and oxygen atoms in total. The Bertz CT molecular complexity index is 416. The summed E-state index contributed by atoms with van der Waals surface area (Å²) in [6.07, 6.45) is 9.91. The van der Waals surface area contributed by atoms with Gasteiger partial charge in [0.2, 0.25) is 0 Å². The van der Waals surface area contributed by atoms with E-state index in [4.69, 9.17) is 0 Å². The van der Waals surface area contributed by atoms with Crippen molar-refractivity contribution in [1.82, 2.24) is 20.0 Å². The molecule has 1 aliphatic rings. The first-order valence-electron chi connectivity index (χ1n) is 8.58. The van der Waals surface area contributed by atoms with Gasteiger partial charge in [-0.2, -0.15) is 5.10 Å². The molecule has 1 N–H and O–H groups in total. The highest BCUT2D eigenvalue weighted by Gasteiger charge is 2.42. The Hall–Kier alpha value is -0.870. The number of aryl methyl sites for hydroxylation is 1. The summed E-state index contributed by atoms with van der Waals surface area (Å²) in [4.78, 5) is 2.47. The SMILES string of the molecule is CCNC(c1ccnn1CC)C1(N(C)C)CCCCCC1. The minimum atomic E-state index is 0.208. The smallest absolute Gasteiger partial charge is 0.0678 e. The van der Waals surface area contributed by atoms with Crippen LogP contribution in [-0.2, 0) is 6.54 Å². The number of hydrogen-bond acceptors (Lipinski definition) is 3. The van der Waals surface area contributed by atoms with Crippen molar-refractivity contribution in [1.29, 1.82) is 0 Å². The molecule has 1 aliphatic carbocycles. The van der Waals surface area contributed by atoms with Gasteiger partial charge in [0.25, 0.3) is 0 Å². The third-order valence-electron chi connectivity index (χ3n) is 5.15. The van der Waals surface area contributed by atoms with Crippen molar-refractivity contribution in [2.24, 2.45) is 0 Å². The van der Waals surface area contributed by atoms with Gasteiger partial charge in [0.15, 0.2) is 0 Å². The van der Waals surface area contributed by atoms with E-state index >= 15 is 0 Å². The van der Waals surface area contributed by atoms with Crippen LogP contribution in [0.15, 0.2) is 12.3 Å². The van der Waals surface area contributed by atoms with Crippen LogP contribution in [0.25, 0.3) is 0 Å². The van der Waals surface area contributed by atoms with E-state index in [9.17, 15) is 0 Å². The number of rotatable bonds is 6. The first-order valence-corrected chi connectivity index (χ1v) is 8.58. The Labute approximate surface area is 129 Å². The molecule has 0 aromatic carbocycles. The fraction of sp³-hybridized carbons (Fsp3) is 0.824. The molecule has 0 bridgehead atoms. The van der Waals surface area contributed by atoms with Crippen LogP contribution in [-0.4, -0.2) is 40.9 Å². The van der Waals surface area contributed by atoms with Crippen LogP contribution in [0.2, 0.25) is 0 Å². The maximum Gasteiger partial charge on any atom is 0.0678 e. The van der Waals surface area contributed by atoms with Crippen molar-refractivity contribution in [3.8, 4) is 0 Å². The zero-order valence-electron chi connectivity index (χ0n) is 14.2. The van der Waals surface area contributed by atoms with Crippen molar-refractivity contribution in [3.63, 3.8) is 0 Å². The first-order chi connectivity index (χ1) is 10.2. The zero-order chi connectivity index (χ0) is 15.3. The van der Waals surface area contributed by atoms with Gasteiger partial charge in [-0.3, -0.25) is 4.68 Å². The largest absolute Gasteiger partial charge is 0.307 e. The minimum absolute atomic E-state index is 0.208. The molecule has 4 heteroatoms. The lowest BCUT2D eigenvalue weighted by Gasteiger charge is -2.46. The van der Waals surface area contributed by atoms with Crippen molar-refractivity contribution in [2.75, 3.05) is 20.6 Å². The second-order valence-corrected chi connectivity index (χ2v) is 6.47. The van der Waals surface area contributed by atoms with E-state index in [1.54, 1.807) is 0 Å². The first kappa shape index (κ1) is 16.5. The van der Waals surface area contributed by atoms with Crippen molar-refractivity contribution in [3.05, 3.63) is 18.0 Å². The maximum atomic E-state index is 4.50. The van der Waals surface area contributed by atoms with Gasteiger partial charge in [0.1, 0.15) is 0 Å². The number of hydrogen-bond donors (Lipinski definition) is 1. The third-order valence-corrected chi connectivity index (χ3v) is 5.15. The molecule has 1 aromatic rings. The molecule has 2 rings (SSSR count). The Morgan fingerprint density at radius 1 is 1.24 bits per heavy atom. The molecule has 0 radical (unpaired) electrons. The molecule has 120 valence electrons.